The Labute approximate surface area is 142 Å². The smallest absolute Gasteiger partial charge is 0.307 e. The van der Waals surface area contributed by atoms with Gasteiger partial charge in [0.15, 0.2) is 5.82 Å². The van der Waals surface area contributed by atoms with Crippen LogP contribution >= 0.6 is 0 Å². The molecule has 2 rings (SSSR count). The molecule has 0 atom stereocenters. The Morgan fingerprint density at radius 2 is 2.04 bits per heavy atom. The first kappa shape index (κ1) is 17.8. The monoisotopic (exact) mass is 328 g/mol. The maximum atomic E-state index is 11.4. The van der Waals surface area contributed by atoms with E-state index in [9.17, 15) is 4.79 Å². The fourth-order valence-corrected chi connectivity index (χ4v) is 2.06. The van der Waals surface area contributed by atoms with E-state index in [1.807, 2.05) is 24.3 Å². The molecule has 0 fully saturated rings. The molecule has 1 N–H and O–H groups in total. The van der Waals surface area contributed by atoms with Crippen molar-refractivity contribution in [3.63, 3.8) is 0 Å². The van der Waals surface area contributed by atoms with Crippen LogP contribution in [0.4, 0.5) is 5.82 Å². The number of ether oxygens (including phenoxy) is 1. The van der Waals surface area contributed by atoms with Crippen LogP contribution in [0.2, 0.25) is 0 Å². The third-order valence-electron chi connectivity index (χ3n) is 3.33. The molecule has 2 aromatic rings. The van der Waals surface area contributed by atoms with Crippen molar-refractivity contribution >= 4 is 11.8 Å². The van der Waals surface area contributed by atoms with E-state index in [1.54, 1.807) is 13.1 Å². The number of pyridine rings is 1. The summed E-state index contributed by atoms with van der Waals surface area (Å²) in [5, 5.41) is 3.18. The first-order valence-corrected chi connectivity index (χ1v) is 8.10. The third-order valence-corrected chi connectivity index (χ3v) is 3.33. The van der Waals surface area contributed by atoms with Gasteiger partial charge in [-0.3, -0.25) is 9.78 Å². The van der Waals surface area contributed by atoms with Gasteiger partial charge in [-0.1, -0.05) is 26.8 Å². The lowest BCUT2D eigenvalue weighted by molar-refractivity contribution is -0.142. The quantitative estimate of drug-likeness (QED) is 0.821. The van der Waals surface area contributed by atoms with E-state index in [-0.39, 0.29) is 11.4 Å². The van der Waals surface area contributed by atoms with Crippen LogP contribution in [-0.2, 0) is 14.9 Å². The fraction of sp³-hybridized carbons (Fsp3) is 0.444. The molecule has 0 saturated carbocycles. The predicted octanol–water partition coefficient (Wildman–Crippen LogP) is 3.20. The summed E-state index contributed by atoms with van der Waals surface area (Å²) in [5.41, 5.74) is 1.51. The highest BCUT2D eigenvalue weighted by molar-refractivity contribution is 5.70. The van der Waals surface area contributed by atoms with E-state index < -0.39 is 0 Å². The molecular formula is C18H24N4O2. The number of anilines is 1. The van der Waals surface area contributed by atoms with Crippen LogP contribution in [0.3, 0.4) is 0 Å². The molecule has 0 aliphatic heterocycles. The molecule has 0 spiro atoms. The largest absolute Gasteiger partial charge is 0.466 e. The third kappa shape index (κ3) is 5.01. The summed E-state index contributed by atoms with van der Waals surface area (Å²) in [6.07, 6.45) is 2.01. The molecule has 128 valence electrons. The van der Waals surface area contributed by atoms with Gasteiger partial charge in [0.1, 0.15) is 11.5 Å². The molecule has 0 unspecified atom stereocenters. The lowest BCUT2D eigenvalue weighted by Crippen LogP contribution is -2.17. The zero-order chi connectivity index (χ0) is 17.6. The van der Waals surface area contributed by atoms with E-state index in [0.29, 0.717) is 31.2 Å². The van der Waals surface area contributed by atoms with Gasteiger partial charge in [-0.2, -0.15) is 0 Å². The van der Waals surface area contributed by atoms with Crippen molar-refractivity contribution in [3.05, 3.63) is 36.2 Å². The van der Waals surface area contributed by atoms with Gasteiger partial charge in [-0.15, -0.1) is 0 Å². The Morgan fingerprint density at radius 1 is 1.25 bits per heavy atom. The van der Waals surface area contributed by atoms with Crippen LogP contribution in [0, 0.1) is 0 Å². The standard InChI is InChI=1S/C18H24N4O2/c1-5-24-16(23)9-11-20-15-12-14(18(2,3)4)21-17(22-15)13-8-6-7-10-19-13/h6-8,10,12H,5,9,11H2,1-4H3,(H,20,21,22). The molecule has 0 aromatic carbocycles. The number of nitrogens with zero attached hydrogens (tertiary/aromatic N) is 3. The SMILES string of the molecule is CCOC(=O)CCNc1cc(C(C)(C)C)nc(-c2ccccn2)n1. The second-order valence-electron chi connectivity index (χ2n) is 6.41. The van der Waals surface area contributed by atoms with Crippen molar-refractivity contribution in [2.75, 3.05) is 18.5 Å². The van der Waals surface area contributed by atoms with Gasteiger partial charge in [0.2, 0.25) is 0 Å². The van der Waals surface area contributed by atoms with Crippen LogP contribution < -0.4 is 5.32 Å². The molecule has 6 nitrogen and oxygen atoms in total. The van der Waals surface area contributed by atoms with Gasteiger partial charge in [-0.05, 0) is 19.1 Å². The Hall–Kier alpha value is -2.50. The molecule has 0 radical (unpaired) electrons. The minimum Gasteiger partial charge on any atom is -0.466 e. The summed E-state index contributed by atoms with van der Waals surface area (Å²) in [5.74, 6) is 1.03. The highest BCUT2D eigenvalue weighted by Crippen LogP contribution is 2.25. The highest BCUT2D eigenvalue weighted by Gasteiger charge is 2.19. The average Bonchev–Trinajstić information content (AvgIpc) is 2.55. The molecule has 0 bridgehead atoms. The topological polar surface area (TPSA) is 77.0 Å². The molecule has 0 aliphatic rings. The lowest BCUT2D eigenvalue weighted by Gasteiger charge is -2.19. The summed E-state index contributed by atoms with van der Waals surface area (Å²) < 4.78 is 4.93. The number of nitrogens with one attached hydrogen (secondary N) is 1. The van der Waals surface area contributed by atoms with Crippen molar-refractivity contribution in [3.8, 4) is 11.5 Å². The highest BCUT2D eigenvalue weighted by atomic mass is 16.5. The summed E-state index contributed by atoms with van der Waals surface area (Å²) in [6, 6.07) is 7.56. The Kier molecular flexibility index (Phi) is 5.84. The normalized spacial score (nSPS) is 11.2. The molecule has 2 aromatic heterocycles. The van der Waals surface area contributed by atoms with Gasteiger partial charge in [-0.25, -0.2) is 9.97 Å². The van der Waals surface area contributed by atoms with Gasteiger partial charge in [0, 0.05) is 24.2 Å². The van der Waals surface area contributed by atoms with Crippen molar-refractivity contribution < 1.29 is 9.53 Å². The van der Waals surface area contributed by atoms with Crippen LogP contribution in [0.1, 0.15) is 39.8 Å². The molecule has 2 heterocycles. The number of carbonyl (C=O) groups excluding carboxylic acids is 1. The van der Waals surface area contributed by atoms with Crippen LogP contribution in [0.15, 0.2) is 30.5 Å². The zero-order valence-electron chi connectivity index (χ0n) is 14.7. The zero-order valence-corrected chi connectivity index (χ0v) is 14.7. The van der Waals surface area contributed by atoms with Gasteiger partial charge in [0.05, 0.1) is 18.7 Å². The molecular weight excluding hydrogens is 304 g/mol. The van der Waals surface area contributed by atoms with E-state index in [4.69, 9.17) is 4.74 Å². The average molecular weight is 328 g/mol. The number of hydrogen-bond donors (Lipinski definition) is 1. The molecule has 0 amide bonds. The van der Waals surface area contributed by atoms with E-state index in [0.717, 1.165) is 11.4 Å². The van der Waals surface area contributed by atoms with Crippen LogP contribution in [0.5, 0.6) is 0 Å². The summed E-state index contributed by atoms with van der Waals surface area (Å²) in [4.78, 5) is 24.9. The first-order valence-electron chi connectivity index (χ1n) is 8.10. The number of esters is 1. The number of hydrogen-bond acceptors (Lipinski definition) is 6. The number of rotatable bonds is 6. The molecule has 0 saturated heterocycles. The van der Waals surface area contributed by atoms with Crippen molar-refractivity contribution in [1.82, 2.24) is 15.0 Å². The van der Waals surface area contributed by atoms with Gasteiger partial charge < -0.3 is 10.1 Å². The minimum atomic E-state index is -0.222. The second kappa shape index (κ2) is 7.86. The van der Waals surface area contributed by atoms with Crippen molar-refractivity contribution in [1.29, 1.82) is 0 Å². The molecule has 24 heavy (non-hydrogen) atoms. The maximum Gasteiger partial charge on any atom is 0.307 e. The van der Waals surface area contributed by atoms with E-state index >= 15 is 0 Å². The first-order chi connectivity index (χ1) is 11.4. The van der Waals surface area contributed by atoms with E-state index in [2.05, 4.69) is 41.0 Å². The second-order valence-corrected chi connectivity index (χ2v) is 6.41. The summed E-state index contributed by atoms with van der Waals surface area (Å²) >= 11 is 0. The van der Waals surface area contributed by atoms with Gasteiger partial charge >= 0.3 is 5.97 Å². The number of aromatic nitrogens is 3. The summed E-state index contributed by atoms with van der Waals surface area (Å²) in [7, 11) is 0. The predicted molar refractivity (Wildman–Crippen MR) is 93.7 cm³/mol. The number of carbonyl (C=O) groups is 1. The van der Waals surface area contributed by atoms with Crippen LogP contribution in [0.25, 0.3) is 11.5 Å². The van der Waals surface area contributed by atoms with Gasteiger partial charge in [0.25, 0.3) is 0 Å². The Balaban J connectivity index is 2.22. The lowest BCUT2D eigenvalue weighted by atomic mass is 9.92. The summed E-state index contributed by atoms with van der Waals surface area (Å²) in [6.45, 7) is 8.94. The van der Waals surface area contributed by atoms with Crippen molar-refractivity contribution in [2.45, 2.75) is 39.5 Å². The molecule has 6 heteroatoms. The van der Waals surface area contributed by atoms with Crippen molar-refractivity contribution in [2.24, 2.45) is 0 Å². The molecule has 0 aliphatic carbocycles. The maximum absolute atomic E-state index is 11.4. The minimum absolute atomic E-state index is 0.121. The fourth-order valence-electron chi connectivity index (χ4n) is 2.06. The van der Waals surface area contributed by atoms with Crippen LogP contribution in [-0.4, -0.2) is 34.1 Å². The Morgan fingerprint density at radius 3 is 2.67 bits per heavy atom. The Bertz CT molecular complexity index is 681. The van der Waals surface area contributed by atoms with E-state index in [1.165, 1.54) is 0 Å².